The van der Waals surface area contributed by atoms with E-state index in [-0.39, 0.29) is 18.1 Å². The Morgan fingerprint density at radius 1 is 1.06 bits per heavy atom. The summed E-state index contributed by atoms with van der Waals surface area (Å²) in [6, 6.07) is 8.29. The highest BCUT2D eigenvalue weighted by Crippen LogP contribution is 2.20. The molecule has 3 rings (SSSR count). The van der Waals surface area contributed by atoms with Gasteiger partial charge in [-0.2, -0.15) is 8.78 Å². The van der Waals surface area contributed by atoms with Gasteiger partial charge >= 0.3 is 12.5 Å². The van der Waals surface area contributed by atoms with Gasteiger partial charge in [-0.05, 0) is 43.4 Å². The van der Waals surface area contributed by atoms with Gasteiger partial charge in [0.25, 0.3) is 5.91 Å². The van der Waals surface area contributed by atoms with Crippen LogP contribution in [0.5, 0.6) is 0 Å². The molecule has 0 saturated carbocycles. The Hall–Kier alpha value is -3.47. The molecule has 33 heavy (non-hydrogen) atoms. The SMILES string of the molecule is CN1CCN(C(=O)N(Cc2ccc(C(=O)CNC(=O)C(F)F)cn2)c2ccc(F)cc2)CC1. The molecule has 0 aliphatic carbocycles. The first-order valence-corrected chi connectivity index (χ1v) is 10.3. The van der Waals surface area contributed by atoms with E-state index in [2.05, 4.69) is 9.88 Å². The molecule has 0 spiro atoms. The van der Waals surface area contributed by atoms with Crippen molar-refractivity contribution in [2.45, 2.75) is 13.0 Å². The lowest BCUT2D eigenvalue weighted by Gasteiger charge is -2.36. The monoisotopic (exact) mass is 463 g/mol. The number of rotatable bonds is 7. The lowest BCUT2D eigenvalue weighted by Crippen LogP contribution is -2.52. The highest BCUT2D eigenvalue weighted by Gasteiger charge is 2.26. The smallest absolute Gasteiger partial charge is 0.324 e. The number of hydrogen-bond donors (Lipinski definition) is 1. The highest BCUT2D eigenvalue weighted by atomic mass is 19.3. The summed E-state index contributed by atoms with van der Waals surface area (Å²) < 4.78 is 37.9. The molecule has 0 unspecified atom stereocenters. The van der Waals surface area contributed by atoms with E-state index < -0.39 is 30.5 Å². The third-order valence-corrected chi connectivity index (χ3v) is 5.23. The fourth-order valence-corrected chi connectivity index (χ4v) is 3.25. The van der Waals surface area contributed by atoms with Crippen molar-refractivity contribution in [3.63, 3.8) is 0 Å². The first-order chi connectivity index (χ1) is 15.7. The number of urea groups is 1. The Kier molecular flexibility index (Phi) is 7.99. The fourth-order valence-electron chi connectivity index (χ4n) is 3.25. The van der Waals surface area contributed by atoms with Crippen LogP contribution in [0.1, 0.15) is 16.1 Å². The Morgan fingerprint density at radius 2 is 1.73 bits per heavy atom. The van der Waals surface area contributed by atoms with E-state index in [0.717, 1.165) is 13.1 Å². The van der Waals surface area contributed by atoms with E-state index in [1.165, 1.54) is 47.5 Å². The van der Waals surface area contributed by atoms with Crippen LogP contribution in [0.25, 0.3) is 0 Å². The average Bonchev–Trinajstić information content (AvgIpc) is 2.82. The number of carbonyl (C=O) groups is 3. The van der Waals surface area contributed by atoms with Crippen LogP contribution in [-0.4, -0.2) is 78.7 Å². The van der Waals surface area contributed by atoms with Crippen LogP contribution in [0.4, 0.5) is 23.7 Å². The number of anilines is 1. The van der Waals surface area contributed by atoms with Crippen LogP contribution in [0.2, 0.25) is 0 Å². The molecule has 1 saturated heterocycles. The minimum atomic E-state index is -3.20. The van der Waals surface area contributed by atoms with Crippen LogP contribution in [0, 0.1) is 5.82 Å². The molecule has 1 aromatic heterocycles. The largest absolute Gasteiger partial charge is 0.344 e. The second kappa shape index (κ2) is 10.9. The van der Waals surface area contributed by atoms with Gasteiger partial charge in [-0.15, -0.1) is 0 Å². The Bertz CT molecular complexity index is 978. The maximum absolute atomic E-state index is 13.4. The van der Waals surface area contributed by atoms with E-state index >= 15 is 0 Å². The number of halogens is 3. The van der Waals surface area contributed by atoms with Gasteiger partial charge < -0.3 is 15.1 Å². The van der Waals surface area contributed by atoms with E-state index in [1.807, 2.05) is 12.4 Å². The number of pyridine rings is 1. The van der Waals surface area contributed by atoms with Gasteiger partial charge in [0.1, 0.15) is 5.82 Å². The number of aromatic nitrogens is 1. The summed E-state index contributed by atoms with van der Waals surface area (Å²) in [5, 5.41) is 1.85. The van der Waals surface area contributed by atoms with Gasteiger partial charge in [0.15, 0.2) is 5.78 Å². The molecule has 3 amide bonds. The second-order valence-electron chi connectivity index (χ2n) is 7.62. The number of carbonyl (C=O) groups excluding carboxylic acids is 3. The standard InChI is InChI=1S/C22H24F3N5O3/c1-28-8-10-29(11-9-28)22(33)30(18-6-3-16(23)4-7-18)14-17-5-2-15(12-26-17)19(31)13-27-21(32)20(24)25/h2-7,12,20H,8-11,13-14H2,1H3,(H,27,32). The van der Waals surface area contributed by atoms with E-state index in [0.29, 0.717) is 24.5 Å². The van der Waals surface area contributed by atoms with Crippen molar-refractivity contribution >= 4 is 23.4 Å². The molecule has 11 heteroatoms. The number of alkyl halides is 2. The zero-order valence-corrected chi connectivity index (χ0v) is 18.0. The highest BCUT2D eigenvalue weighted by molar-refractivity contribution is 5.99. The topological polar surface area (TPSA) is 85.9 Å². The number of ketones is 1. The summed E-state index contributed by atoms with van der Waals surface area (Å²) in [5.41, 5.74) is 1.10. The molecule has 1 aromatic carbocycles. The predicted octanol–water partition coefficient (Wildman–Crippen LogP) is 2.16. The molecule has 2 aromatic rings. The summed E-state index contributed by atoms with van der Waals surface area (Å²) in [6.07, 6.45) is -1.94. The Morgan fingerprint density at radius 3 is 2.30 bits per heavy atom. The summed E-state index contributed by atoms with van der Waals surface area (Å²) in [6.45, 7) is 2.08. The second-order valence-corrected chi connectivity index (χ2v) is 7.62. The number of benzene rings is 1. The van der Waals surface area contributed by atoms with Crippen molar-refractivity contribution in [2.75, 3.05) is 44.7 Å². The molecule has 8 nitrogen and oxygen atoms in total. The molecule has 176 valence electrons. The summed E-state index contributed by atoms with van der Waals surface area (Å²) in [7, 11) is 1.98. The van der Waals surface area contributed by atoms with Crippen LogP contribution in [-0.2, 0) is 11.3 Å². The molecule has 2 heterocycles. The van der Waals surface area contributed by atoms with Gasteiger partial charge in [0.2, 0.25) is 0 Å². The van der Waals surface area contributed by atoms with Crippen LogP contribution >= 0.6 is 0 Å². The molecule has 1 aliphatic heterocycles. The number of piperazine rings is 1. The van der Waals surface area contributed by atoms with Gasteiger partial charge in [-0.25, -0.2) is 9.18 Å². The molecule has 0 bridgehead atoms. The van der Waals surface area contributed by atoms with Gasteiger partial charge in [0, 0.05) is 43.6 Å². The lowest BCUT2D eigenvalue weighted by molar-refractivity contribution is -0.131. The lowest BCUT2D eigenvalue weighted by atomic mass is 10.1. The van der Waals surface area contributed by atoms with E-state index in [1.54, 1.807) is 4.90 Å². The van der Waals surface area contributed by atoms with Gasteiger partial charge in [-0.3, -0.25) is 19.5 Å². The molecule has 1 fully saturated rings. The summed E-state index contributed by atoms with van der Waals surface area (Å²) in [5.74, 6) is -2.53. The minimum Gasteiger partial charge on any atom is -0.344 e. The Balaban J connectivity index is 1.72. The average molecular weight is 463 g/mol. The first kappa shape index (κ1) is 24.2. The van der Waals surface area contributed by atoms with Crippen molar-refractivity contribution in [2.24, 2.45) is 0 Å². The van der Waals surface area contributed by atoms with Crippen LogP contribution in [0.3, 0.4) is 0 Å². The van der Waals surface area contributed by atoms with Crippen molar-refractivity contribution in [3.05, 3.63) is 59.7 Å². The fraction of sp³-hybridized carbons (Fsp3) is 0.364. The van der Waals surface area contributed by atoms with Crippen molar-refractivity contribution in [3.8, 4) is 0 Å². The Labute approximate surface area is 189 Å². The zero-order valence-electron chi connectivity index (χ0n) is 18.0. The van der Waals surface area contributed by atoms with Crippen LogP contribution in [0.15, 0.2) is 42.6 Å². The number of nitrogens with zero attached hydrogens (tertiary/aromatic N) is 4. The number of amides is 3. The van der Waals surface area contributed by atoms with Gasteiger partial charge in [0.05, 0.1) is 18.8 Å². The molecule has 1 aliphatic rings. The van der Waals surface area contributed by atoms with Gasteiger partial charge in [-0.1, -0.05) is 0 Å². The molecule has 0 radical (unpaired) electrons. The maximum atomic E-state index is 13.4. The number of Topliss-reactive ketones (excluding diaryl/α,β-unsaturated/α-hetero) is 1. The quantitative estimate of drug-likeness (QED) is 0.636. The predicted molar refractivity (Wildman–Crippen MR) is 115 cm³/mol. The summed E-state index contributed by atoms with van der Waals surface area (Å²) in [4.78, 5) is 45.8. The third kappa shape index (κ3) is 6.51. The summed E-state index contributed by atoms with van der Waals surface area (Å²) >= 11 is 0. The van der Waals surface area contributed by atoms with E-state index in [9.17, 15) is 27.6 Å². The number of hydrogen-bond acceptors (Lipinski definition) is 5. The number of nitrogens with one attached hydrogen (secondary N) is 1. The van der Waals surface area contributed by atoms with Crippen molar-refractivity contribution < 1.29 is 27.6 Å². The molecular weight excluding hydrogens is 439 g/mol. The normalized spacial score (nSPS) is 14.3. The molecule has 1 N–H and O–H groups in total. The maximum Gasteiger partial charge on any atom is 0.324 e. The minimum absolute atomic E-state index is 0.0768. The third-order valence-electron chi connectivity index (χ3n) is 5.23. The van der Waals surface area contributed by atoms with E-state index in [4.69, 9.17) is 0 Å². The van der Waals surface area contributed by atoms with Crippen molar-refractivity contribution in [1.29, 1.82) is 0 Å². The first-order valence-electron chi connectivity index (χ1n) is 10.3. The molecule has 0 atom stereocenters. The number of likely N-dealkylation sites (N-methyl/N-ethyl adjacent to an activating group) is 1. The van der Waals surface area contributed by atoms with Crippen molar-refractivity contribution in [1.82, 2.24) is 20.1 Å². The molecular formula is C22H24F3N5O3. The van der Waals surface area contributed by atoms with Crippen LogP contribution < -0.4 is 10.2 Å². The zero-order chi connectivity index (χ0) is 24.0.